The first-order valence-electron chi connectivity index (χ1n) is 6.44. The molecule has 3 aromatic rings. The van der Waals surface area contributed by atoms with Gasteiger partial charge in [0.15, 0.2) is 5.75 Å². The molecule has 0 atom stereocenters. The number of nitrogens with one attached hydrogen (secondary N) is 1. The van der Waals surface area contributed by atoms with Gasteiger partial charge >= 0.3 is 0 Å². The lowest BCUT2D eigenvalue weighted by molar-refractivity contribution is 0.480. The number of hydrazone groups is 1. The molecule has 0 amide bonds. The van der Waals surface area contributed by atoms with Crippen molar-refractivity contribution in [3.05, 3.63) is 52.3 Å². The second-order valence-corrected chi connectivity index (χ2v) is 5.51. The molecule has 2 aromatic heterocycles. The number of halogens is 2. The van der Waals surface area contributed by atoms with Crippen molar-refractivity contribution in [2.45, 2.75) is 0 Å². The maximum Gasteiger partial charge on any atom is 0.160 e. The Hall–Kier alpha value is -2.24. The molecule has 0 radical (unpaired) electrons. The van der Waals surface area contributed by atoms with Crippen molar-refractivity contribution in [1.82, 2.24) is 9.55 Å². The number of aromatic nitrogens is 2. The summed E-state index contributed by atoms with van der Waals surface area (Å²) in [7, 11) is 1.93. The van der Waals surface area contributed by atoms with Gasteiger partial charge in [0.2, 0.25) is 0 Å². The predicted octanol–water partition coefficient (Wildman–Crippen LogP) is 4.03. The van der Waals surface area contributed by atoms with Gasteiger partial charge in [0.1, 0.15) is 11.3 Å². The summed E-state index contributed by atoms with van der Waals surface area (Å²) < 4.78 is 1.93. The first kappa shape index (κ1) is 14.7. The third kappa shape index (κ3) is 2.73. The summed E-state index contributed by atoms with van der Waals surface area (Å²) in [6, 6.07) is 8.83. The minimum atomic E-state index is -0.101. The van der Waals surface area contributed by atoms with E-state index in [-0.39, 0.29) is 10.8 Å². The number of anilines is 1. The van der Waals surface area contributed by atoms with Gasteiger partial charge in [0.25, 0.3) is 0 Å². The lowest BCUT2D eigenvalue weighted by atomic mass is 10.2. The second kappa shape index (κ2) is 5.87. The zero-order valence-corrected chi connectivity index (χ0v) is 13.1. The van der Waals surface area contributed by atoms with E-state index in [0.717, 1.165) is 5.69 Å². The Bertz CT molecular complexity index is 873. The third-order valence-corrected chi connectivity index (χ3v) is 3.82. The summed E-state index contributed by atoms with van der Waals surface area (Å²) in [5, 5.41) is 15.3. The highest BCUT2D eigenvalue weighted by atomic mass is 35.5. The number of aromatic hydroxyl groups is 1. The minimum Gasteiger partial charge on any atom is -0.504 e. The van der Waals surface area contributed by atoms with Crippen molar-refractivity contribution >= 4 is 46.1 Å². The fourth-order valence-corrected chi connectivity index (χ4v) is 2.55. The lowest BCUT2D eigenvalue weighted by Gasteiger charge is -2.07. The molecule has 0 fully saturated rings. The van der Waals surface area contributed by atoms with Crippen molar-refractivity contribution < 1.29 is 5.11 Å². The van der Waals surface area contributed by atoms with E-state index in [4.69, 9.17) is 23.2 Å². The van der Waals surface area contributed by atoms with E-state index >= 15 is 0 Å². The highest BCUT2D eigenvalue weighted by Gasteiger charge is 2.11. The molecule has 0 saturated heterocycles. The van der Waals surface area contributed by atoms with Crippen LogP contribution in [0.3, 0.4) is 0 Å². The highest BCUT2D eigenvalue weighted by Crippen LogP contribution is 2.36. The largest absolute Gasteiger partial charge is 0.504 e. The van der Waals surface area contributed by atoms with E-state index < -0.39 is 0 Å². The fourth-order valence-electron chi connectivity index (χ4n) is 2.04. The maximum atomic E-state index is 10.00. The number of hydrogen-bond acceptors (Lipinski definition) is 4. The quantitative estimate of drug-likeness (QED) is 0.561. The Labute approximate surface area is 136 Å². The smallest absolute Gasteiger partial charge is 0.160 e. The average molecular weight is 335 g/mol. The Morgan fingerprint density at radius 3 is 2.82 bits per heavy atom. The number of rotatable bonds is 3. The van der Waals surface area contributed by atoms with Gasteiger partial charge < -0.3 is 9.67 Å². The van der Waals surface area contributed by atoms with Crippen molar-refractivity contribution in [3.8, 4) is 5.75 Å². The Morgan fingerprint density at radius 1 is 1.27 bits per heavy atom. The van der Waals surface area contributed by atoms with Gasteiger partial charge in [-0.2, -0.15) is 5.10 Å². The normalized spacial score (nSPS) is 11.4. The number of benzene rings is 1. The molecule has 0 unspecified atom stereocenters. The Morgan fingerprint density at radius 2 is 2.09 bits per heavy atom. The third-order valence-electron chi connectivity index (χ3n) is 3.22. The summed E-state index contributed by atoms with van der Waals surface area (Å²) in [6.07, 6.45) is 3.61. The van der Waals surface area contributed by atoms with Crippen LogP contribution in [0.2, 0.25) is 10.0 Å². The highest BCUT2D eigenvalue weighted by molar-refractivity contribution is 6.39. The molecule has 0 bridgehead atoms. The number of nitrogens with zero attached hydrogens (tertiary/aromatic N) is 3. The van der Waals surface area contributed by atoms with Crippen LogP contribution in [0.5, 0.6) is 5.75 Å². The number of phenolic OH excluding ortho intramolecular Hbond substituents is 1. The average Bonchev–Trinajstić information content (AvgIpc) is 2.90. The van der Waals surface area contributed by atoms with Crippen LogP contribution in [-0.4, -0.2) is 20.9 Å². The molecule has 22 heavy (non-hydrogen) atoms. The van der Waals surface area contributed by atoms with Crippen LogP contribution >= 0.6 is 23.2 Å². The summed E-state index contributed by atoms with van der Waals surface area (Å²) in [4.78, 5) is 4.29. The van der Waals surface area contributed by atoms with Gasteiger partial charge in [-0.15, -0.1) is 0 Å². The lowest BCUT2D eigenvalue weighted by Crippen LogP contribution is -1.97. The zero-order valence-electron chi connectivity index (χ0n) is 11.6. The number of hydrogen-bond donors (Lipinski definition) is 2. The van der Waals surface area contributed by atoms with Gasteiger partial charge in [-0.3, -0.25) is 5.43 Å². The molecule has 0 saturated carbocycles. The van der Waals surface area contributed by atoms with Crippen LogP contribution < -0.4 is 5.43 Å². The van der Waals surface area contributed by atoms with Gasteiger partial charge in [-0.25, -0.2) is 4.98 Å². The zero-order chi connectivity index (χ0) is 15.7. The first-order chi connectivity index (χ1) is 10.6. The summed E-state index contributed by atoms with van der Waals surface area (Å²) in [5.41, 5.74) is 4.09. The number of phenols is 1. The van der Waals surface area contributed by atoms with Crippen molar-refractivity contribution in [2.24, 2.45) is 12.1 Å². The van der Waals surface area contributed by atoms with Crippen LogP contribution in [0.25, 0.3) is 10.9 Å². The SMILES string of the molecule is Cn1cccc1C=NNc1ccc2c(Cl)cc(Cl)c(O)c2n1. The van der Waals surface area contributed by atoms with E-state index in [9.17, 15) is 5.11 Å². The molecule has 5 nitrogen and oxygen atoms in total. The minimum absolute atomic E-state index is 0.101. The van der Waals surface area contributed by atoms with Gasteiger partial charge in [-0.05, 0) is 30.3 Å². The van der Waals surface area contributed by atoms with E-state index in [1.54, 1.807) is 18.3 Å². The van der Waals surface area contributed by atoms with E-state index in [1.165, 1.54) is 6.07 Å². The van der Waals surface area contributed by atoms with Crippen LogP contribution in [-0.2, 0) is 7.05 Å². The van der Waals surface area contributed by atoms with Gasteiger partial charge in [0.05, 0.1) is 22.0 Å². The molecule has 7 heteroatoms. The monoisotopic (exact) mass is 334 g/mol. The van der Waals surface area contributed by atoms with E-state index in [2.05, 4.69) is 15.5 Å². The van der Waals surface area contributed by atoms with Crippen LogP contribution in [0.1, 0.15) is 5.69 Å². The number of pyridine rings is 1. The molecule has 0 aliphatic carbocycles. The number of fused-ring (bicyclic) bond motifs is 1. The second-order valence-electron chi connectivity index (χ2n) is 4.70. The summed E-state index contributed by atoms with van der Waals surface area (Å²) in [6.45, 7) is 0. The van der Waals surface area contributed by atoms with Crippen molar-refractivity contribution in [2.75, 3.05) is 5.43 Å². The van der Waals surface area contributed by atoms with Crippen LogP contribution in [0.15, 0.2) is 41.6 Å². The molecule has 0 aliphatic rings. The Balaban J connectivity index is 1.91. The number of aryl methyl sites for hydroxylation is 1. The Kier molecular flexibility index (Phi) is 3.92. The first-order valence-corrected chi connectivity index (χ1v) is 7.20. The molecule has 0 spiro atoms. The van der Waals surface area contributed by atoms with Crippen molar-refractivity contribution in [1.29, 1.82) is 0 Å². The standard InChI is InChI=1S/C15H12Cl2N4O/c1-21-6-2-3-9(21)8-18-20-13-5-4-10-11(16)7-12(17)15(22)14(10)19-13/h2-8,22H,1H3,(H,19,20). The molecule has 0 aliphatic heterocycles. The van der Waals surface area contributed by atoms with Gasteiger partial charge in [-0.1, -0.05) is 23.2 Å². The fraction of sp³-hybridized carbons (Fsp3) is 0.0667. The molecule has 2 N–H and O–H groups in total. The molecule has 2 heterocycles. The molecular weight excluding hydrogens is 323 g/mol. The topological polar surface area (TPSA) is 62.4 Å². The molecular formula is C15H12Cl2N4O. The summed E-state index contributed by atoms with van der Waals surface area (Å²) >= 11 is 12.0. The molecule has 112 valence electrons. The molecule has 1 aromatic carbocycles. The summed E-state index contributed by atoms with van der Waals surface area (Å²) in [5.74, 6) is 0.378. The predicted molar refractivity (Wildman–Crippen MR) is 90.1 cm³/mol. The van der Waals surface area contributed by atoms with Crippen LogP contribution in [0, 0.1) is 0 Å². The van der Waals surface area contributed by atoms with E-state index in [1.807, 2.05) is 29.9 Å². The molecule has 3 rings (SSSR count). The van der Waals surface area contributed by atoms with Crippen LogP contribution in [0.4, 0.5) is 5.82 Å². The van der Waals surface area contributed by atoms with Gasteiger partial charge in [0, 0.05) is 18.6 Å². The van der Waals surface area contributed by atoms with E-state index in [0.29, 0.717) is 21.7 Å². The maximum absolute atomic E-state index is 10.00. The van der Waals surface area contributed by atoms with Crippen molar-refractivity contribution in [3.63, 3.8) is 0 Å².